The summed E-state index contributed by atoms with van der Waals surface area (Å²) in [7, 11) is 1.25. The zero-order valence-electron chi connectivity index (χ0n) is 9.09. The molecule has 1 N–H and O–H groups in total. The number of ether oxygens (including phenoxy) is 1. The number of carbonyl (C=O) groups is 1. The Bertz CT molecular complexity index is 367. The van der Waals surface area contributed by atoms with E-state index in [4.69, 9.17) is 0 Å². The molecule has 5 nitrogen and oxygen atoms in total. The van der Waals surface area contributed by atoms with Crippen molar-refractivity contribution in [2.45, 2.75) is 21.2 Å². The van der Waals surface area contributed by atoms with Crippen LogP contribution in [0.4, 0.5) is 0 Å². The monoisotopic (exact) mass is 280 g/mol. The Hall–Kier alpha value is -0.310. The van der Waals surface area contributed by atoms with Crippen LogP contribution in [0.2, 0.25) is 0 Å². The van der Waals surface area contributed by atoms with E-state index in [0.29, 0.717) is 0 Å². The average molecular weight is 280 g/mol. The first kappa shape index (κ1) is 13.8. The molecule has 0 radical (unpaired) electrons. The fraction of sp³-hybridized carbons (Fsp3) is 0.625. The fourth-order valence-electron chi connectivity index (χ4n) is 0.819. The summed E-state index contributed by atoms with van der Waals surface area (Å²) in [5, 5.41) is 17.6. The first-order valence-corrected chi connectivity index (χ1v) is 7.33. The molecule has 16 heavy (non-hydrogen) atoms. The second kappa shape index (κ2) is 5.85. The maximum atomic E-state index is 11.2. The molecule has 8 heteroatoms. The smallest absolute Gasteiger partial charge is 0.338 e. The Morgan fingerprint density at radius 3 is 2.69 bits per heavy atom. The Morgan fingerprint density at radius 1 is 1.56 bits per heavy atom. The number of carbonyl (C=O) groups excluding carboxylic acids is 1. The number of thioether (sulfide) groups is 2. The molecular weight excluding hydrogens is 268 g/mol. The molecule has 0 aromatic carbocycles. The van der Waals surface area contributed by atoms with Gasteiger partial charge in [0, 0.05) is 5.75 Å². The molecule has 0 fully saturated rings. The molecule has 0 aliphatic heterocycles. The summed E-state index contributed by atoms with van der Waals surface area (Å²) >= 11 is 4.23. The second-order valence-corrected chi connectivity index (χ2v) is 6.35. The topological polar surface area (TPSA) is 72.3 Å². The van der Waals surface area contributed by atoms with Crippen molar-refractivity contribution in [2.24, 2.45) is 0 Å². The number of aliphatic hydroxyl groups is 1. The first-order chi connectivity index (χ1) is 7.49. The Kier molecular flexibility index (Phi) is 5.03. The molecule has 0 amide bonds. The third-order valence-electron chi connectivity index (χ3n) is 1.66. The van der Waals surface area contributed by atoms with Crippen LogP contribution in [0, 0.1) is 0 Å². The minimum Gasteiger partial charge on any atom is -0.467 e. The molecule has 0 spiro atoms. The molecule has 0 saturated heterocycles. The van der Waals surface area contributed by atoms with Gasteiger partial charge in [0.15, 0.2) is 14.3 Å². The zero-order valence-corrected chi connectivity index (χ0v) is 11.5. The molecule has 1 heterocycles. The number of nitrogens with zero attached hydrogens (tertiary/aromatic N) is 2. The van der Waals surface area contributed by atoms with E-state index in [-0.39, 0.29) is 5.75 Å². The average Bonchev–Trinajstić information content (AvgIpc) is 2.73. The normalized spacial score (nSPS) is 14.5. The quantitative estimate of drug-likeness (QED) is 0.643. The number of esters is 1. The SMILES string of the molecule is COC(=O)C(C)(O)CSc1nnc(SC)s1. The number of methoxy groups -OCH3 is 1. The Morgan fingerprint density at radius 2 is 2.19 bits per heavy atom. The van der Waals surface area contributed by atoms with Gasteiger partial charge in [-0.05, 0) is 13.2 Å². The van der Waals surface area contributed by atoms with Gasteiger partial charge in [-0.3, -0.25) is 0 Å². The first-order valence-electron chi connectivity index (χ1n) is 4.30. The van der Waals surface area contributed by atoms with E-state index in [1.807, 2.05) is 6.26 Å². The minimum atomic E-state index is -1.50. The van der Waals surface area contributed by atoms with E-state index in [9.17, 15) is 9.90 Å². The summed E-state index contributed by atoms with van der Waals surface area (Å²) in [4.78, 5) is 11.2. The van der Waals surface area contributed by atoms with Crippen LogP contribution in [0.5, 0.6) is 0 Å². The zero-order chi connectivity index (χ0) is 12.2. The van der Waals surface area contributed by atoms with E-state index in [2.05, 4.69) is 14.9 Å². The molecule has 1 aromatic heterocycles. The number of aromatic nitrogens is 2. The number of hydrogen-bond donors (Lipinski definition) is 1. The van der Waals surface area contributed by atoms with Crippen LogP contribution in [0.25, 0.3) is 0 Å². The predicted octanol–water partition coefficient (Wildman–Crippen LogP) is 1.28. The molecule has 0 aliphatic carbocycles. The van der Waals surface area contributed by atoms with Gasteiger partial charge in [0.2, 0.25) is 0 Å². The van der Waals surface area contributed by atoms with Crippen LogP contribution in [-0.4, -0.2) is 46.0 Å². The van der Waals surface area contributed by atoms with Crippen molar-refractivity contribution in [1.29, 1.82) is 0 Å². The largest absolute Gasteiger partial charge is 0.467 e. The van der Waals surface area contributed by atoms with E-state index in [1.54, 1.807) is 0 Å². The van der Waals surface area contributed by atoms with Crippen LogP contribution in [0.3, 0.4) is 0 Å². The van der Waals surface area contributed by atoms with Gasteiger partial charge in [0.05, 0.1) is 7.11 Å². The fourth-order valence-corrected chi connectivity index (χ4v) is 3.25. The maximum Gasteiger partial charge on any atom is 0.338 e. The van der Waals surface area contributed by atoms with Gasteiger partial charge in [-0.2, -0.15) is 0 Å². The summed E-state index contributed by atoms with van der Waals surface area (Å²) in [6.07, 6.45) is 1.92. The van der Waals surface area contributed by atoms with Crippen molar-refractivity contribution in [3.63, 3.8) is 0 Å². The lowest BCUT2D eigenvalue weighted by molar-refractivity contribution is -0.158. The minimum absolute atomic E-state index is 0.197. The summed E-state index contributed by atoms with van der Waals surface area (Å²) in [6.45, 7) is 1.42. The Balaban J connectivity index is 2.53. The van der Waals surface area contributed by atoms with Gasteiger partial charge in [0.25, 0.3) is 0 Å². The second-order valence-electron chi connectivity index (χ2n) is 3.09. The van der Waals surface area contributed by atoms with E-state index < -0.39 is 11.6 Å². The third kappa shape index (κ3) is 3.62. The van der Waals surface area contributed by atoms with E-state index >= 15 is 0 Å². The number of rotatable bonds is 5. The highest BCUT2D eigenvalue weighted by Gasteiger charge is 2.31. The number of hydrogen-bond acceptors (Lipinski definition) is 8. The maximum absolute atomic E-state index is 11.2. The predicted molar refractivity (Wildman–Crippen MR) is 65.1 cm³/mol. The van der Waals surface area contributed by atoms with Gasteiger partial charge in [-0.1, -0.05) is 34.9 Å². The van der Waals surface area contributed by atoms with E-state index in [1.165, 1.54) is 48.9 Å². The lowest BCUT2D eigenvalue weighted by atomic mass is 10.1. The summed E-state index contributed by atoms with van der Waals surface area (Å²) < 4.78 is 6.08. The lowest BCUT2D eigenvalue weighted by Crippen LogP contribution is -2.38. The lowest BCUT2D eigenvalue weighted by Gasteiger charge is -2.18. The molecule has 0 bridgehead atoms. The summed E-state index contributed by atoms with van der Waals surface area (Å²) in [5.74, 6) is -0.447. The highest BCUT2D eigenvalue weighted by atomic mass is 32.2. The molecule has 90 valence electrons. The van der Waals surface area contributed by atoms with Gasteiger partial charge in [0.1, 0.15) is 0 Å². The molecular formula is C8H12N2O3S3. The summed E-state index contributed by atoms with van der Waals surface area (Å²) in [6, 6.07) is 0. The van der Waals surface area contributed by atoms with Crippen molar-refractivity contribution in [3.8, 4) is 0 Å². The third-order valence-corrected chi connectivity index (χ3v) is 5.00. The highest BCUT2D eigenvalue weighted by molar-refractivity contribution is 8.03. The van der Waals surface area contributed by atoms with Gasteiger partial charge in [-0.15, -0.1) is 10.2 Å². The van der Waals surface area contributed by atoms with Crippen molar-refractivity contribution >= 4 is 40.8 Å². The molecule has 1 rings (SSSR count). The van der Waals surface area contributed by atoms with Crippen molar-refractivity contribution in [1.82, 2.24) is 10.2 Å². The van der Waals surface area contributed by atoms with E-state index in [0.717, 1.165) is 8.68 Å². The molecule has 0 aliphatic rings. The van der Waals surface area contributed by atoms with Crippen LogP contribution < -0.4 is 0 Å². The highest BCUT2D eigenvalue weighted by Crippen LogP contribution is 2.29. The van der Waals surface area contributed by atoms with Gasteiger partial charge < -0.3 is 9.84 Å². The molecule has 1 atom stereocenters. The van der Waals surface area contributed by atoms with Gasteiger partial charge in [-0.25, -0.2) is 4.79 Å². The standard InChI is InChI=1S/C8H12N2O3S3/c1-8(12,5(11)13-2)4-15-7-10-9-6(14-3)16-7/h12H,4H2,1-3H3. The van der Waals surface area contributed by atoms with Crippen LogP contribution in [-0.2, 0) is 9.53 Å². The van der Waals surface area contributed by atoms with Crippen molar-refractivity contribution < 1.29 is 14.6 Å². The Labute approximate surface area is 106 Å². The summed E-state index contributed by atoms with van der Waals surface area (Å²) in [5.41, 5.74) is -1.50. The molecule has 1 unspecified atom stereocenters. The van der Waals surface area contributed by atoms with Crippen molar-refractivity contribution in [2.75, 3.05) is 19.1 Å². The van der Waals surface area contributed by atoms with Crippen LogP contribution in [0.1, 0.15) is 6.92 Å². The van der Waals surface area contributed by atoms with Crippen LogP contribution >= 0.6 is 34.9 Å². The molecule has 1 aromatic rings. The van der Waals surface area contributed by atoms with Crippen molar-refractivity contribution in [3.05, 3.63) is 0 Å². The van der Waals surface area contributed by atoms with Gasteiger partial charge >= 0.3 is 5.97 Å². The molecule has 0 saturated carbocycles. The van der Waals surface area contributed by atoms with Crippen LogP contribution in [0.15, 0.2) is 8.68 Å².